The highest BCUT2D eigenvalue weighted by Crippen LogP contribution is 2.21. The monoisotopic (exact) mass is 472 g/mol. The van der Waals surface area contributed by atoms with Gasteiger partial charge in [0.2, 0.25) is 5.91 Å². The molecular weight excluding hydrogens is 452 g/mol. The number of anilines is 1. The minimum atomic E-state index is -1.17. The highest BCUT2D eigenvalue weighted by atomic mass is 79.9. The Bertz CT molecular complexity index is 1110. The van der Waals surface area contributed by atoms with E-state index >= 15 is 0 Å². The summed E-state index contributed by atoms with van der Waals surface area (Å²) in [6, 6.07) is 11.1. The van der Waals surface area contributed by atoms with Crippen molar-refractivity contribution in [3.63, 3.8) is 0 Å². The number of fused-ring (bicyclic) bond motifs is 1. The maximum Gasteiger partial charge on any atom is 0.250 e. The predicted octanol–water partition coefficient (Wildman–Crippen LogP) is 2.51. The summed E-state index contributed by atoms with van der Waals surface area (Å²) in [5.74, 6) is -0.885. The number of Topliss-reactive ketones (excluding diaryl/α,β-unsaturated/α-hetero) is 1. The number of para-hydroxylation sites is 1. The van der Waals surface area contributed by atoms with Gasteiger partial charge in [0.05, 0.1) is 6.10 Å². The number of benzene rings is 1. The molecule has 156 valence electrons. The van der Waals surface area contributed by atoms with Gasteiger partial charge in [-0.15, -0.1) is 0 Å². The first kappa shape index (κ1) is 21.7. The van der Waals surface area contributed by atoms with Crippen LogP contribution in [0, 0.1) is 0 Å². The van der Waals surface area contributed by atoms with Gasteiger partial charge in [-0.05, 0) is 48.0 Å². The van der Waals surface area contributed by atoms with Gasteiger partial charge in [0.25, 0.3) is 5.91 Å². The topological polar surface area (TPSA) is 113 Å². The summed E-state index contributed by atoms with van der Waals surface area (Å²) in [6.07, 6.45) is 0.491. The van der Waals surface area contributed by atoms with E-state index in [0.717, 1.165) is 10.9 Å². The van der Waals surface area contributed by atoms with Gasteiger partial charge in [-0.2, -0.15) is 0 Å². The molecule has 3 rings (SSSR count). The molecule has 0 aliphatic heterocycles. The third-order valence-electron chi connectivity index (χ3n) is 4.53. The fourth-order valence-electron chi connectivity index (χ4n) is 3.12. The SMILES string of the molecule is CC(=O)c1cn(CC(=O)NC(C(=O)Nc2cccc(Br)n2)C(C)O)c2ccccc12. The van der Waals surface area contributed by atoms with Gasteiger partial charge >= 0.3 is 0 Å². The van der Waals surface area contributed by atoms with Crippen LogP contribution in [-0.4, -0.2) is 44.4 Å². The highest BCUT2D eigenvalue weighted by molar-refractivity contribution is 9.10. The number of carbonyl (C=O) groups is 3. The number of halogens is 1. The minimum absolute atomic E-state index is 0.104. The molecule has 2 heterocycles. The second-order valence-corrected chi connectivity index (χ2v) is 7.68. The van der Waals surface area contributed by atoms with Crippen molar-refractivity contribution < 1.29 is 19.5 Å². The number of aromatic nitrogens is 2. The Morgan fingerprint density at radius 2 is 1.90 bits per heavy atom. The molecule has 0 fully saturated rings. The zero-order valence-corrected chi connectivity index (χ0v) is 18.0. The maximum atomic E-state index is 12.6. The predicted molar refractivity (Wildman–Crippen MR) is 116 cm³/mol. The van der Waals surface area contributed by atoms with Crippen molar-refractivity contribution in [1.29, 1.82) is 0 Å². The van der Waals surface area contributed by atoms with Gasteiger partial charge in [0.1, 0.15) is 23.0 Å². The van der Waals surface area contributed by atoms with E-state index in [1.54, 1.807) is 29.0 Å². The van der Waals surface area contributed by atoms with E-state index in [4.69, 9.17) is 0 Å². The molecule has 0 aliphatic carbocycles. The van der Waals surface area contributed by atoms with Gasteiger partial charge in [-0.3, -0.25) is 14.4 Å². The van der Waals surface area contributed by atoms with Crippen molar-refractivity contribution in [3.8, 4) is 0 Å². The van der Waals surface area contributed by atoms with E-state index in [1.165, 1.54) is 13.8 Å². The Hall–Kier alpha value is -3.04. The van der Waals surface area contributed by atoms with Crippen molar-refractivity contribution in [3.05, 3.63) is 58.8 Å². The molecule has 2 atom stereocenters. The lowest BCUT2D eigenvalue weighted by Gasteiger charge is -2.21. The van der Waals surface area contributed by atoms with Crippen LogP contribution in [0.15, 0.2) is 53.3 Å². The number of ketones is 1. The molecule has 2 aromatic heterocycles. The Labute approximate surface area is 181 Å². The van der Waals surface area contributed by atoms with Crippen LogP contribution in [0.25, 0.3) is 10.9 Å². The highest BCUT2D eigenvalue weighted by Gasteiger charge is 2.26. The van der Waals surface area contributed by atoms with Crippen LogP contribution < -0.4 is 10.6 Å². The summed E-state index contributed by atoms with van der Waals surface area (Å²) >= 11 is 3.22. The molecule has 0 spiro atoms. The van der Waals surface area contributed by atoms with Gasteiger partial charge in [-0.1, -0.05) is 24.3 Å². The average molecular weight is 473 g/mol. The number of aliphatic hydroxyl groups is 1. The van der Waals surface area contributed by atoms with Gasteiger partial charge in [-0.25, -0.2) is 4.98 Å². The first-order chi connectivity index (χ1) is 14.3. The van der Waals surface area contributed by atoms with Crippen LogP contribution in [0.3, 0.4) is 0 Å². The summed E-state index contributed by atoms with van der Waals surface area (Å²) in [4.78, 5) is 41.2. The Balaban J connectivity index is 1.75. The lowest BCUT2D eigenvalue weighted by atomic mass is 10.1. The summed E-state index contributed by atoms with van der Waals surface area (Å²) < 4.78 is 2.19. The molecule has 9 heteroatoms. The van der Waals surface area contributed by atoms with Gasteiger partial charge in [0, 0.05) is 22.7 Å². The normalized spacial score (nSPS) is 12.9. The lowest BCUT2D eigenvalue weighted by molar-refractivity contribution is -0.129. The van der Waals surface area contributed by atoms with E-state index in [-0.39, 0.29) is 18.1 Å². The Morgan fingerprint density at radius 3 is 2.57 bits per heavy atom. The molecule has 2 unspecified atom stereocenters. The van der Waals surface area contributed by atoms with Crippen LogP contribution in [0.1, 0.15) is 24.2 Å². The van der Waals surface area contributed by atoms with Crippen molar-refractivity contribution >= 4 is 50.2 Å². The number of nitrogens with one attached hydrogen (secondary N) is 2. The minimum Gasteiger partial charge on any atom is -0.391 e. The number of aliphatic hydroxyl groups excluding tert-OH is 1. The molecule has 0 saturated heterocycles. The van der Waals surface area contributed by atoms with Gasteiger partial charge < -0.3 is 20.3 Å². The van der Waals surface area contributed by atoms with Crippen molar-refractivity contribution in [2.24, 2.45) is 0 Å². The molecule has 3 aromatic rings. The molecule has 3 N–H and O–H groups in total. The summed E-state index contributed by atoms with van der Waals surface area (Å²) in [7, 11) is 0. The molecule has 0 bridgehead atoms. The third-order valence-corrected chi connectivity index (χ3v) is 4.97. The third kappa shape index (κ3) is 4.92. The summed E-state index contributed by atoms with van der Waals surface area (Å²) in [5.41, 5.74) is 1.25. The number of hydrogen-bond donors (Lipinski definition) is 3. The van der Waals surface area contributed by atoms with Gasteiger partial charge in [0.15, 0.2) is 5.78 Å². The standard InChI is InChI=1S/C21H21BrN4O4/c1-12(27)15-10-26(16-7-4-3-6-14(15)16)11-19(29)25-20(13(2)28)21(30)24-18-9-5-8-17(22)23-18/h3-10,13,20,28H,11H2,1-2H3,(H,25,29)(H,23,24,30). The molecule has 30 heavy (non-hydrogen) atoms. The molecule has 1 aromatic carbocycles. The molecule has 2 amide bonds. The van der Waals surface area contributed by atoms with Crippen LogP contribution in [0.5, 0.6) is 0 Å². The summed E-state index contributed by atoms with van der Waals surface area (Å²) in [6.45, 7) is 2.77. The maximum absolute atomic E-state index is 12.6. The van der Waals surface area contributed by atoms with E-state index in [0.29, 0.717) is 10.2 Å². The first-order valence-electron chi connectivity index (χ1n) is 9.26. The van der Waals surface area contributed by atoms with Crippen LogP contribution in [-0.2, 0) is 16.1 Å². The smallest absolute Gasteiger partial charge is 0.250 e. The number of hydrogen-bond acceptors (Lipinski definition) is 5. The molecule has 8 nitrogen and oxygen atoms in total. The largest absolute Gasteiger partial charge is 0.391 e. The molecular formula is C21H21BrN4O4. The number of carbonyl (C=O) groups excluding carboxylic acids is 3. The van der Waals surface area contributed by atoms with Crippen molar-refractivity contribution in [1.82, 2.24) is 14.9 Å². The quantitative estimate of drug-likeness (QED) is 0.361. The molecule has 0 radical (unpaired) electrons. The second-order valence-electron chi connectivity index (χ2n) is 6.86. The van der Waals surface area contributed by atoms with E-state index < -0.39 is 24.0 Å². The number of nitrogens with zero attached hydrogens (tertiary/aromatic N) is 2. The Morgan fingerprint density at radius 1 is 1.17 bits per heavy atom. The first-order valence-corrected chi connectivity index (χ1v) is 10.0. The van der Waals surface area contributed by atoms with Crippen LogP contribution >= 0.6 is 15.9 Å². The van der Waals surface area contributed by atoms with Crippen molar-refractivity contribution in [2.45, 2.75) is 32.5 Å². The molecule has 0 saturated carbocycles. The zero-order chi connectivity index (χ0) is 21.8. The number of pyridine rings is 1. The fraction of sp³-hybridized carbons (Fsp3) is 0.238. The van der Waals surface area contributed by atoms with E-state index in [2.05, 4.69) is 31.5 Å². The number of amides is 2. The lowest BCUT2D eigenvalue weighted by Crippen LogP contribution is -2.51. The zero-order valence-electron chi connectivity index (χ0n) is 16.4. The van der Waals surface area contributed by atoms with Crippen LogP contribution in [0.2, 0.25) is 0 Å². The number of rotatable bonds is 7. The molecule has 0 aliphatic rings. The summed E-state index contributed by atoms with van der Waals surface area (Å²) in [5, 5.41) is 15.9. The van der Waals surface area contributed by atoms with E-state index in [9.17, 15) is 19.5 Å². The average Bonchev–Trinajstić information content (AvgIpc) is 3.04. The second kappa shape index (κ2) is 9.19. The van der Waals surface area contributed by atoms with Crippen molar-refractivity contribution in [2.75, 3.05) is 5.32 Å². The van der Waals surface area contributed by atoms with Crippen LogP contribution in [0.4, 0.5) is 5.82 Å². The van der Waals surface area contributed by atoms with E-state index in [1.807, 2.05) is 24.3 Å². The fourth-order valence-corrected chi connectivity index (χ4v) is 3.46. The Kier molecular flexibility index (Phi) is 6.63.